The SMILES string of the molecule is Cc1ccc(CCCN)cc1C(F)(F)F. The Hall–Kier alpha value is -1.03. The van der Waals surface area contributed by atoms with Crippen molar-refractivity contribution in [1.29, 1.82) is 0 Å². The number of benzene rings is 1. The molecule has 0 unspecified atom stereocenters. The number of rotatable bonds is 3. The Kier molecular flexibility index (Phi) is 3.74. The molecule has 1 aromatic carbocycles. The Bertz CT molecular complexity index is 331. The van der Waals surface area contributed by atoms with Crippen LogP contribution in [0.3, 0.4) is 0 Å². The first kappa shape index (κ1) is 12.0. The largest absolute Gasteiger partial charge is 0.416 e. The number of hydrogen-bond donors (Lipinski definition) is 1. The highest BCUT2D eigenvalue weighted by molar-refractivity contribution is 5.33. The summed E-state index contributed by atoms with van der Waals surface area (Å²) in [5.41, 5.74) is 5.72. The fourth-order valence-corrected chi connectivity index (χ4v) is 1.44. The van der Waals surface area contributed by atoms with Gasteiger partial charge in [0.15, 0.2) is 0 Å². The molecule has 4 heteroatoms. The Labute approximate surface area is 87.1 Å². The number of nitrogens with two attached hydrogens (primary N) is 1. The molecular weight excluding hydrogens is 203 g/mol. The van der Waals surface area contributed by atoms with Gasteiger partial charge in [0.05, 0.1) is 5.56 Å². The molecule has 0 heterocycles. The van der Waals surface area contributed by atoms with Gasteiger partial charge in [-0.1, -0.05) is 12.1 Å². The van der Waals surface area contributed by atoms with Crippen LogP contribution >= 0.6 is 0 Å². The fraction of sp³-hybridized carbons (Fsp3) is 0.455. The van der Waals surface area contributed by atoms with Crippen LogP contribution in [0, 0.1) is 6.92 Å². The van der Waals surface area contributed by atoms with Crippen molar-refractivity contribution >= 4 is 0 Å². The van der Waals surface area contributed by atoms with Crippen molar-refractivity contribution in [3.63, 3.8) is 0 Å². The van der Waals surface area contributed by atoms with Crippen LogP contribution in [0.25, 0.3) is 0 Å². The summed E-state index contributed by atoms with van der Waals surface area (Å²) in [5, 5.41) is 0. The van der Waals surface area contributed by atoms with Crippen molar-refractivity contribution in [1.82, 2.24) is 0 Å². The summed E-state index contributed by atoms with van der Waals surface area (Å²) in [6.45, 7) is 1.96. The quantitative estimate of drug-likeness (QED) is 0.827. The van der Waals surface area contributed by atoms with Crippen LogP contribution in [0.5, 0.6) is 0 Å². The predicted octanol–water partition coefficient (Wildman–Crippen LogP) is 2.91. The first-order valence-electron chi connectivity index (χ1n) is 4.82. The van der Waals surface area contributed by atoms with E-state index < -0.39 is 11.7 Å². The van der Waals surface area contributed by atoms with E-state index in [1.807, 2.05) is 0 Å². The van der Waals surface area contributed by atoms with Crippen molar-refractivity contribution in [2.75, 3.05) is 6.54 Å². The van der Waals surface area contributed by atoms with Crippen LogP contribution in [-0.4, -0.2) is 6.54 Å². The lowest BCUT2D eigenvalue weighted by Gasteiger charge is -2.11. The minimum absolute atomic E-state index is 0.263. The van der Waals surface area contributed by atoms with E-state index in [1.54, 1.807) is 6.07 Å². The third-order valence-electron chi connectivity index (χ3n) is 2.28. The lowest BCUT2D eigenvalue weighted by Crippen LogP contribution is -2.08. The van der Waals surface area contributed by atoms with Crippen LogP contribution in [-0.2, 0) is 12.6 Å². The zero-order valence-corrected chi connectivity index (χ0v) is 8.56. The molecule has 0 aliphatic heterocycles. The molecular formula is C11H14F3N. The Balaban J connectivity index is 2.95. The van der Waals surface area contributed by atoms with Gasteiger partial charge in [0.2, 0.25) is 0 Å². The molecule has 2 N–H and O–H groups in total. The van der Waals surface area contributed by atoms with Gasteiger partial charge in [0, 0.05) is 0 Å². The molecule has 0 amide bonds. The summed E-state index contributed by atoms with van der Waals surface area (Å²) in [4.78, 5) is 0. The van der Waals surface area contributed by atoms with Gasteiger partial charge in [-0.3, -0.25) is 0 Å². The Morgan fingerprint density at radius 3 is 2.47 bits per heavy atom. The third kappa shape index (κ3) is 3.23. The molecule has 0 aliphatic carbocycles. The van der Waals surface area contributed by atoms with Crippen molar-refractivity contribution in [2.45, 2.75) is 25.9 Å². The number of alkyl halides is 3. The highest BCUT2D eigenvalue weighted by Gasteiger charge is 2.32. The van der Waals surface area contributed by atoms with Crippen LogP contribution in [0.1, 0.15) is 23.1 Å². The first-order valence-corrected chi connectivity index (χ1v) is 4.82. The summed E-state index contributed by atoms with van der Waals surface area (Å²) in [6, 6.07) is 4.44. The maximum absolute atomic E-state index is 12.5. The maximum atomic E-state index is 12.5. The molecule has 84 valence electrons. The fourth-order valence-electron chi connectivity index (χ4n) is 1.44. The third-order valence-corrected chi connectivity index (χ3v) is 2.28. The smallest absolute Gasteiger partial charge is 0.330 e. The monoisotopic (exact) mass is 217 g/mol. The highest BCUT2D eigenvalue weighted by Crippen LogP contribution is 2.32. The van der Waals surface area contributed by atoms with Gasteiger partial charge in [-0.2, -0.15) is 13.2 Å². The minimum Gasteiger partial charge on any atom is -0.330 e. The van der Waals surface area contributed by atoms with Crippen LogP contribution in [0.4, 0.5) is 13.2 Å². The first-order chi connectivity index (χ1) is 6.95. The summed E-state index contributed by atoms with van der Waals surface area (Å²) in [7, 11) is 0. The molecule has 1 aromatic rings. The van der Waals surface area contributed by atoms with E-state index in [1.165, 1.54) is 19.1 Å². The summed E-state index contributed by atoms with van der Waals surface area (Å²) in [6.07, 6.45) is -2.96. The van der Waals surface area contributed by atoms with Crippen LogP contribution in [0.2, 0.25) is 0 Å². The summed E-state index contributed by atoms with van der Waals surface area (Å²) < 4.78 is 37.6. The van der Waals surface area contributed by atoms with E-state index in [4.69, 9.17) is 5.73 Å². The maximum Gasteiger partial charge on any atom is 0.416 e. The van der Waals surface area contributed by atoms with Crippen LogP contribution in [0.15, 0.2) is 18.2 Å². The van der Waals surface area contributed by atoms with Crippen molar-refractivity contribution in [3.8, 4) is 0 Å². The normalized spacial score (nSPS) is 11.8. The van der Waals surface area contributed by atoms with Gasteiger partial charge >= 0.3 is 6.18 Å². The minimum atomic E-state index is -4.26. The zero-order valence-electron chi connectivity index (χ0n) is 8.56. The van der Waals surface area contributed by atoms with Gasteiger partial charge in [0.1, 0.15) is 0 Å². The van der Waals surface area contributed by atoms with Crippen molar-refractivity contribution in [3.05, 3.63) is 34.9 Å². The van der Waals surface area contributed by atoms with E-state index >= 15 is 0 Å². The molecule has 15 heavy (non-hydrogen) atoms. The number of hydrogen-bond acceptors (Lipinski definition) is 1. The molecule has 0 aromatic heterocycles. The Morgan fingerprint density at radius 2 is 1.93 bits per heavy atom. The van der Waals surface area contributed by atoms with E-state index in [9.17, 15) is 13.2 Å². The molecule has 0 bridgehead atoms. The molecule has 1 rings (SSSR count). The molecule has 0 spiro atoms. The second-order valence-corrected chi connectivity index (χ2v) is 3.54. The average molecular weight is 217 g/mol. The van der Waals surface area contributed by atoms with E-state index in [0.29, 0.717) is 24.9 Å². The molecule has 0 saturated carbocycles. The average Bonchev–Trinajstić information content (AvgIpc) is 2.15. The molecule has 0 atom stereocenters. The van der Waals surface area contributed by atoms with E-state index in [0.717, 1.165) is 0 Å². The zero-order chi connectivity index (χ0) is 11.5. The molecule has 0 fully saturated rings. The number of aryl methyl sites for hydroxylation is 2. The van der Waals surface area contributed by atoms with Gasteiger partial charge in [0.25, 0.3) is 0 Å². The van der Waals surface area contributed by atoms with Crippen molar-refractivity contribution < 1.29 is 13.2 Å². The molecule has 1 nitrogen and oxygen atoms in total. The Morgan fingerprint density at radius 1 is 1.27 bits per heavy atom. The lowest BCUT2D eigenvalue weighted by atomic mass is 10.0. The summed E-state index contributed by atoms with van der Waals surface area (Å²) in [5.74, 6) is 0. The lowest BCUT2D eigenvalue weighted by molar-refractivity contribution is -0.138. The molecule has 0 saturated heterocycles. The van der Waals surface area contributed by atoms with E-state index in [2.05, 4.69) is 0 Å². The molecule has 0 radical (unpaired) electrons. The van der Waals surface area contributed by atoms with Crippen LogP contribution < -0.4 is 5.73 Å². The topological polar surface area (TPSA) is 26.0 Å². The standard InChI is InChI=1S/C11H14F3N/c1-8-4-5-9(3-2-6-15)7-10(8)11(12,13)14/h4-5,7H,2-3,6,15H2,1H3. The number of halogens is 3. The highest BCUT2D eigenvalue weighted by atomic mass is 19.4. The van der Waals surface area contributed by atoms with Crippen molar-refractivity contribution in [2.24, 2.45) is 5.73 Å². The summed E-state index contributed by atoms with van der Waals surface area (Å²) >= 11 is 0. The van der Waals surface area contributed by atoms with E-state index in [-0.39, 0.29) is 5.56 Å². The second kappa shape index (κ2) is 4.66. The van der Waals surface area contributed by atoms with Gasteiger partial charge in [-0.15, -0.1) is 0 Å². The van der Waals surface area contributed by atoms with Gasteiger partial charge < -0.3 is 5.73 Å². The van der Waals surface area contributed by atoms with Gasteiger partial charge in [-0.05, 0) is 43.5 Å². The van der Waals surface area contributed by atoms with Gasteiger partial charge in [-0.25, -0.2) is 0 Å². The molecule has 0 aliphatic rings. The predicted molar refractivity (Wildman–Crippen MR) is 53.6 cm³/mol. The second-order valence-electron chi connectivity index (χ2n) is 3.54.